The number of aromatic nitrogens is 2. The van der Waals surface area contributed by atoms with Gasteiger partial charge in [0, 0.05) is 23.9 Å². The fourth-order valence-corrected chi connectivity index (χ4v) is 3.64. The first-order valence-electron chi connectivity index (χ1n) is 9.85. The van der Waals surface area contributed by atoms with Crippen molar-refractivity contribution in [1.82, 2.24) is 9.78 Å². The molecule has 1 atom stereocenters. The minimum Gasteiger partial charge on any atom is -0.378 e. The van der Waals surface area contributed by atoms with E-state index in [9.17, 15) is 14.4 Å². The van der Waals surface area contributed by atoms with Crippen LogP contribution in [0.25, 0.3) is 11.1 Å². The number of ether oxygens (including phenoxy) is 1. The molecule has 1 aliphatic rings. The van der Waals surface area contributed by atoms with Gasteiger partial charge in [0.2, 0.25) is 5.91 Å². The molecule has 0 fully saturated rings. The second kappa shape index (κ2) is 8.53. The third-order valence-corrected chi connectivity index (χ3v) is 5.12. The Bertz CT molecular complexity index is 1140. The molecule has 31 heavy (non-hydrogen) atoms. The number of carbonyl (C=O) groups excluding carboxylic acids is 3. The lowest BCUT2D eigenvalue weighted by molar-refractivity contribution is -0.123. The van der Waals surface area contributed by atoms with E-state index in [1.807, 2.05) is 30.3 Å². The fourth-order valence-electron chi connectivity index (χ4n) is 3.64. The van der Waals surface area contributed by atoms with Crippen LogP contribution in [-0.2, 0) is 20.9 Å². The number of nitrogens with zero attached hydrogens (tertiary/aromatic N) is 2. The smallest absolute Gasteiger partial charge is 0.251 e. The molecule has 1 aliphatic heterocycles. The topological polar surface area (TPSA) is 102 Å². The number of anilines is 2. The van der Waals surface area contributed by atoms with Gasteiger partial charge in [-0.1, -0.05) is 30.3 Å². The Morgan fingerprint density at radius 3 is 2.48 bits per heavy atom. The largest absolute Gasteiger partial charge is 0.378 e. The molecule has 0 saturated carbocycles. The number of Topliss-reactive ketones (excluding diaryl/α,β-unsaturated/α-hetero) is 1. The summed E-state index contributed by atoms with van der Waals surface area (Å²) in [5.74, 6) is -0.0981. The fraction of sp³-hybridized carbons (Fsp3) is 0.217. The summed E-state index contributed by atoms with van der Waals surface area (Å²) in [6.45, 7) is 1.76. The maximum atomic E-state index is 12.6. The summed E-state index contributed by atoms with van der Waals surface area (Å²) < 4.78 is 6.85. The van der Waals surface area contributed by atoms with E-state index in [2.05, 4.69) is 15.7 Å². The van der Waals surface area contributed by atoms with Crippen molar-refractivity contribution < 1.29 is 19.1 Å². The summed E-state index contributed by atoms with van der Waals surface area (Å²) in [6, 6.07) is 15.5. The minimum absolute atomic E-state index is 0.0483. The molecule has 2 N–H and O–H groups in total. The number of nitrogens with one attached hydrogen (secondary N) is 2. The Kier molecular flexibility index (Phi) is 5.64. The lowest BCUT2D eigenvalue weighted by atomic mass is 10.1. The number of amides is 2. The summed E-state index contributed by atoms with van der Waals surface area (Å²) in [7, 11) is 1.58. The highest BCUT2D eigenvalue weighted by Crippen LogP contribution is 2.38. The maximum Gasteiger partial charge on any atom is 0.251 e. The van der Waals surface area contributed by atoms with E-state index in [0.29, 0.717) is 22.8 Å². The standard InChI is InChI=1S/C23H22N4O4/c1-14(28)15-8-10-17(11-9-15)24-20(29)12-19-23(30)25-22-21(16-6-4-3-5-7-16)18(13-31-2)26-27(19)22/h3-11,19H,12-13H2,1-2H3,(H,24,29)(H,25,30). The maximum absolute atomic E-state index is 12.6. The molecular formula is C23H22N4O4. The Morgan fingerprint density at radius 1 is 1.13 bits per heavy atom. The van der Waals surface area contributed by atoms with Crippen LogP contribution in [0.3, 0.4) is 0 Å². The third-order valence-electron chi connectivity index (χ3n) is 5.12. The van der Waals surface area contributed by atoms with Crippen molar-refractivity contribution in [3.05, 3.63) is 65.9 Å². The van der Waals surface area contributed by atoms with Crippen LogP contribution in [0, 0.1) is 0 Å². The third kappa shape index (κ3) is 4.10. The monoisotopic (exact) mass is 418 g/mol. The van der Waals surface area contributed by atoms with Gasteiger partial charge in [-0.25, -0.2) is 4.68 Å². The zero-order valence-electron chi connectivity index (χ0n) is 17.2. The normalized spacial score (nSPS) is 14.8. The molecule has 0 bridgehead atoms. The van der Waals surface area contributed by atoms with E-state index in [-0.39, 0.29) is 30.6 Å². The number of methoxy groups -OCH3 is 1. The number of rotatable bonds is 7. The molecule has 1 unspecified atom stereocenters. The first-order chi connectivity index (χ1) is 15.0. The van der Waals surface area contributed by atoms with Gasteiger partial charge in [-0.3, -0.25) is 14.4 Å². The number of benzene rings is 2. The summed E-state index contributed by atoms with van der Waals surface area (Å²) in [5.41, 5.74) is 3.51. The van der Waals surface area contributed by atoms with Crippen molar-refractivity contribution in [1.29, 1.82) is 0 Å². The van der Waals surface area contributed by atoms with Gasteiger partial charge in [0.15, 0.2) is 5.78 Å². The predicted octanol–water partition coefficient (Wildman–Crippen LogP) is 3.42. The number of carbonyl (C=O) groups is 3. The predicted molar refractivity (Wildman–Crippen MR) is 116 cm³/mol. The van der Waals surface area contributed by atoms with E-state index in [1.54, 1.807) is 36.1 Å². The number of hydrogen-bond donors (Lipinski definition) is 2. The highest BCUT2D eigenvalue weighted by atomic mass is 16.5. The van der Waals surface area contributed by atoms with Crippen molar-refractivity contribution in [2.24, 2.45) is 0 Å². The Hall–Kier alpha value is -3.78. The summed E-state index contributed by atoms with van der Waals surface area (Å²) in [6.07, 6.45) is -0.0738. The van der Waals surface area contributed by atoms with Crippen LogP contribution in [0.2, 0.25) is 0 Å². The molecule has 0 saturated heterocycles. The molecule has 2 amide bonds. The molecule has 8 nitrogen and oxygen atoms in total. The van der Waals surface area contributed by atoms with Gasteiger partial charge >= 0.3 is 0 Å². The summed E-state index contributed by atoms with van der Waals surface area (Å²) in [5, 5.41) is 10.2. The Morgan fingerprint density at radius 2 is 1.84 bits per heavy atom. The second-order valence-electron chi connectivity index (χ2n) is 7.30. The molecule has 8 heteroatoms. The van der Waals surface area contributed by atoms with Crippen LogP contribution in [0.15, 0.2) is 54.6 Å². The zero-order valence-corrected chi connectivity index (χ0v) is 17.2. The summed E-state index contributed by atoms with van der Waals surface area (Å²) in [4.78, 5) is 36.6. The van der Waals surface area contributed by atoms with Gasteiger partial charge in [0.05, 0.1) is 18.7 Å². The molecule has 4 rings (SSSR count). The molecular weight excluding hydrogens is 396 g/mol. The summed E-state index contributed by atoms with van der Waals surface area (Å²) >= 11 is 0. The lowest BCUT2D eigenvalue weighted by Crippen LogP contribution is -2.24. The van der Waals surface area contributed by atoms with Crippen molar-refractivity contribution in [3.8, 4) is 11.1 Å². The first-order valence-corrected chi connectivity index (χ1v) is 9.85. The average molecular weight is 418 g/mol. The molecule has 2 aromatic carbocycles. The molecule has 0 radical (unpaired) electrons. The Balaban J connectivity index is 1.57. The Labute approximate surface area is 179 Å². The van der Waals surface area contributed by atoms with Gasteiger partial charge < -0.3 is 15.4 Å². The van der Waals surface area contributed by atoms with Crippen molar-refractivity contribution in [2.75, 3.05) is 17.7 Å². The van der Waals surface area contributed by atoms with Crippen LogP contribution < -0.4 is 10.6 Å². The highest BCUT2D eigenvalue weighted by molar-refractivity contribution is 6.04. The average Bonchev–Trinajstić information content (AvgIpc) is 3.24. The van der Waals surface area contributed by atoms with E-state index < -0.39 is 6.04 Å². The molecule has 158 valence electrons. The number of fused-ring (bicyclic) bond motifs is 1. The SMILES string of the molecule is COCc1nn2c(c1-c1ccccc1)NC(=O)C2CC(=O)Nc1ccc(C(C)=O)cc1. The van der Waals surface area contributed by atoms with Crippen LogP contribution in [0.1, 0.15) is 35.4 Å². The number of ketones is 1. The van der Waals surface area contributed by atoms with E-state index >= 15 is 0 Å². The van der Waals surface area contributed by atoms with Crippen molar-refractivity contribution >= 4 is 29.1 Å². The van der Waals surface area contributed by atoms with Crippen LogP contribution in [-0.4, -0.2) is 34.5 Å². The van der Waals surface area contributed by atoms with Gasteiger partial charge in [-0.2, -0.15) is 5.10 Å². The number of hydrogen-bond acceptors (Lipinski definition) is 5. The quantitative estimate of drug-likeness (QED) is 0.573. The van der Waals surface area contributed by atoms with Crippen molar-refractivity contribution in [2.45, 2.75) is 26.0 Å². The van der Waals surface area contributed by atoms with E-state index in [4.69, 9.17) is 4.74 Å². The van der Waals surface area contributed by atoms with Gasteiger partial charge in [-0.15, -0.1) is 0 Å². The minimum atomic E-state index is -0.764. The second-order valence-corrected chi connectivity index (χ2v) is 7.30. The molecule has 3 aromatic rings. The van der Waals surface area contributed by atoms with Gasteiger partial charge in [-0.05, 0) is 36.8 Å². The lowest BCUT2D eigenvalue weighted by Gasteiger charge is -2.10. The van der Waals surface area contributed by atoms with Crippen LogP contribution >= 0.6 is 0 Å². The first kappa shape index (κ1) is 20.5. The van der Waals surface area contributed by atoms with E-state index in [1.165, 1.54) is 6.92 Å². The molecule has 2 heterocycles. The van der Waals surface area contributed by atoms with Crippen molar-refractivity contribution in [3.63, 3.8) is 0 Å². The molecule has 0 aliphatic carbocycles. The van der Waals surface area contributed by atoms with Gasteiger partial charge in [0.1, 0.15) is 11.9 Å². The molecule has 1 aromatic heterocycles. The van der Waals surface area contributed by atoms with Crippen LogP contribution in [0.5, 0.6) is 0 Å². The molecule has 0 spiro atoms. The van der Waals surface area contributed by atoms with E-state index in [0.717, 1.165) is 11.1 Å². The van der Waals surface area contributed by atoms with Gasteiger partial charge in [0.25, 0.3) is 5.91 Å². The zero-order chi connectivity index (χ0) is 22.0. The highest BCUT2D eigenvalue weighted by Gasteiger charge is 2.37. The van der Waals surface area contributed by atoms with Crippen LogP contribution in [0.4, 0.5) is 11.5 Å².